The maximum Gasteiger partial charge on any atom is 0.185 e. The van der Waals surface area contributed by atoms with E-state index in [-0.39, 0.29) is 0 Å². The first-order valence-electron chi connectivity index (χ1n) is 9.50. The van der Waals surface area contributed by atoms with E-state index in [0.29, 0.717) is 13.3 Å². The van der Waals surface area contributed by atoms with Crippen LogP contribution in [-0.2, 0) is 11.3 Å². The Morgan fingerprint density at radius 1 is 1.00 bits per heavy atom. The van der Waals surface area contributed by atoms with E-state index in [2.05, 4.69) is 70.4 Å². The zero-order valence-electron chi connectivity index (χ0n) is 16.4. The van der Waals surface area contributed by atoms with Gasteiger partial charge in [-0.05, 0) is 50.6 Å². The zero-order chi connectivity index (χ0) is 19.5. The van der Waals surface area contributed by atoms with Gasteiger partial charge in [0.25, 0.3) is 0 Å². The highest BCUT2D eigenvalue weighted by Gasteiger charge is 2.10. The summed E-state index contributed by atoms with van der Waals surface area (Å²) >= 11 is 3.35. The van der Waals surface area contributed by atoms with E-state index in [9.17, 15) is 0 Å². The Labute approximate surface area is 173 Å². The number of fused-ring (bicyclic) bond motifs is 3. The fraction of sp³-hybridized carbons (Fsp3) is 0.333. The highest BCUT2D eigenvalue weighted by Crippen LogP contribution is 2.34. The average Bonchev–Trinajstić information content (AvgIpc) is 3.29. The molecule has 0 aliphatic carbocycles. The van der Waals surface area contributed by atoms with Crippen molar-refractivity contribution in [3.8, 4) is 0 Å². The lowest BCUT2D eigenvalue weighted by atomic mass is 10.2. The molecule has 1 N–H and O–H groups in total. The lowest BCUT2D eigenvalue weighted by Crippen LogP contribution is -2.21. The van der Waals surface area contributed by atoms with Crippen LogP contribution < -0.4 is 10.2 Å². The summed E-state index contributed by atoms with van der Waals surface area (Å²) in [5.41, 5.74) is 4.46. The molecule has 28 heavy (non-hydrogen) atoms. The lowest BCUT2D eigenvalue weighted by Gasteiger charge is -2.21. The number of thiazole rings is 2. The van der Waals surface area contributed by atoms with Crippen molar-refractivity contribution < 1.29 is 4.74 Å². The lowest BCUT2D eigenvalue weighted by molar-refractivity contribution is 0.138. The van der Waals surface area contributed by atoms with Gasteiger partial charge in [-0.25, -0.2) is 9.97 Å². The van der Waals surface area contributed by atoms with Crippen LogP contribution in [-0.4, -0.2) is 29.8 Å². The summed E-state index contributed by atoms with van der Waals surface area (Å²) in [5, 5.41) is 5.23. The molecule has 0 fully saturated rings. The van der Waals surface area contributed by atoms with Gasteiger partial charge in [0.2, 0.25) is 0 Å². The summed E-state index contributed by atoms with van der Waals surface area (Å²) < 4.78 is 8.14. The molecule has 2 aromatic heterocycles. The van der Waals surface area contributed by atoms with Crippen LogP contribution in [0.4, 0.5) is 10.8 Å². The number of aromatic nitrogens is 2. The molecule has 7 heteroatoms. The number of rotatable bonds is 8. The van der Waals surface area contributed by atoms with Crippen LogP contribution in [0.25, 0.3) is 20.4 Å². The fourth-order valence-corrected chi connectivity index (χ4v) is 5.08. The number of hydrogen-bond donors (Lipinski definition) is 1. The van der Waals surface area contributed by atoms with E-state index in [1.54, 1.807) is 22.7 Å². The highest BCUT2D eigenvalue weighted by molar-refractivity contribution is 7.24. The van der Waals surface area contributed by atoms with Crippen molar-refractivity contribution in [2.75, 3.05) is 30.0 Å². The van der Waals surface area contributed by atoms with Crippen molar-refractivity contribution in [2.24, 2.45) is 0 Å². The molecule has 0 unspecified atom stereocenters. The molecule has 0 atom stereocenters. The standard InChI is InChI=1S/C21H24N4OS2/c1-4-25(5-2)16-8-6-15(7-9-16)12-26-13-22-21-24-17-10-11-18-19(20(17)28-21)23-14(3)27-18/h6-11H,4-5,12-13H2,1-3H3,(H,22,24). The van der Waals surface area contributed by atoms with E-state index in [0.717, 1.165) is 39.0 Å². The monoisotopic (exact) mass is 412 g/mol. The Kier molecular flexibility index (Phi) is 5.75. The van der Waals surface area contributed by atoms with E-state index in [1.807, 2.05) is 6.92 Å². The van der Waals surface area contributed by atoms with Crippen molar-refractivity contribution in [1.29, 1.82) is 0 Å². The van der Waals surface area contributed by atoms with Gasteiger partial charge in [-0.15, -0.1) is 11.3 Å². The largest absolute Gasteiger partial charge is 0.372 e. The topological polar surface area (TPSA) is 50.3 Å². The number of nitrogens with zero attached hydrogens (tertiary/aromatic N) is 3. The smallest absolute Gasteiger partial charge is 0.185 e. The zero-order valence-corrected chi connectivity index (χ0v) is 18.0. The van der Waals surface area contributed by atoms with Crippen LogP contribution in [0.5, 0.6) is 0 Å². The molecule has 146 valence electrons. The summed E-state index contributed by atoms with van der Waals surface area (Å²) in [4.78, 5) is 11.6. The third kappa shape index (κ3) is 3.97. The minimum absolute atomic E-state index is 0.427. The first-order chi connectivity index (χ1) is 13.7. The summed E-state index contributed by atoms with van der Waals surface area (Å²) in [5.74, 6) is 0. The van der Waals surface area contributed by atoms with Crippen molar-refractivity contribution in [2.45, 2.75) is 27.4 Å². The van der Waals surface area contributed by atoms with Gasteiger partial charge in [0.05, 0.1) is 26.5 Å². The van der Waals surface area contributed by atoms with E-state index >= 15 is 0 Å². The van der Waals surface area contributed by atoms with Gasteiger partial charge in [0, 0.05) is 18.8 Å². The summed E-state index contributed by atoms with van der Waals surface area (Å²) in [6.45, 7) is 9.43. The van der Waals surface area contributed by atoms with E-state index < -0.39 is 0 Å². The van der Waals surface area contributed by atoms with E-state index in [1.165, 1.54) is 16.0 Å². The second-order valence-electron chi connectivity index (χ2n) is 6.52. The molecule has 0 spiro atoms. The molecule has 0 aliphatic heterocycles. The van der Waals surface area contributed by atoms with Crippen LogP contribution in [0.1, 0.15) is 24.4 Å². The molecular formula is C21H24N4OS2. The van der Waals surface area contributed by atoms with Gasteiger partial charge in [-0.1, -0.05) is 23.5 Å². The third-order valence-corrected chi connectivity index (χ3v) is 6.65. The Balaban J connectivity index is 1.34. The second kappa shape index (κ2) is 8.43. The van der Waals surface area contributed by atoms with Crippen molar-refractivity contribution in [3.63, 3.8) is 0 Å². The molecule has 0 radical (unpaired) electrons. The number of ether oxygens (including phenoxy) is 1. The summed E-state index contributed by atoms with van der Waals surface area (Å²) in [6.07, 6.45) is 0. The highest BCUT2D eigenvalue weighted by atomic mass is 32.1. The molecule has 5 nitrogen and oxygen atoms in total. The number of aryl methyl sites for hydroxylation is 1. The SMILES string of the molecule is CCN(CC)c1ccc(COCNc2nc3ccc4sc(C)nc4c3s2)cc1. The summed E-state index contributed by atoms with van der Waals surface area (Å²) in [6, 6.07) is 12.8. The Morgan fingerprint density at radius 3 is 2.54 bits per heavy atom. The molecule has 0 amide bonds. The minimum Gasteiger partial charge on any atom is -0.372 e. The van der Waals surface area contributed by atoms with Gasteiger partial charge in [0.15, 0.2) is 5.13 Å². The maximum atomic E-state index is 5.79. The Morgan fingerprint density at radius 2 is 1.79 bits per heavy atom. The van der Waals surface area contributed by atoms with Crippen LogP contribution >= 0.6 is 22.7 Å². The molecule has 0 aliphatic rings. The number of nitrogens with one attached hydrogen (secondary N) is 1. The summed E-state index contributed by atoms with van der Waals surface area (Å²) in [7, 11) is 0. The Bertz CT molecular complexity index is 1070. The average molecular weight is 413 g/mol. The fourth-order valence-electron chi connectivity index (χ4n) is 3.24. The minimum atomic E-state index is 0.427. The van der Waals surface area contributed by atoms with Crippen LogP contribution in [0.3, 0.4) is 0 Å². The Hall–Kier alpha value is -2.22. The predicted octanol–water partition coefficient (Wildman–Crippen LogP) is 5.65. The molecular weight excluding hydrogens is 388 g/mol. The molecule has 4 aromatic rings. The molecule has 0 saturated carbocycles. The van der Waals surface area contributed by atoms with Crippen LogP contribution in [0.2, 0.25) is 0 Å². The maximum absolute atomic E-state index is 5.79. The second-order valence-corrected chi connectivity index (χ2v) is 8.75. The van der Waals surface area contributed by atoms with Crippen molar-refractivity contribution in [3.05, 3.63) is 47.0 Å². The predicted molar refractivity (Wildman–Crippen MR) is 121 cm³/mol. The van der Waals surface area contributed by atoms with Gasteiger partial charge in [-0.3, -0.25) is 0 Å². The number of hydrogen-bond acceptors (Lipinski definition) is 7. The molecule has 2 aromatic carbocycles. The third-order valence-electron chi connectivity index (χ3n) is 4.68. The molecule has 2 heterocycles. The van der Waals surface area contributed by atoms with Crippen LogP contribution in [0.15, 0.2) is 36.4 Å². The normalized spacial score (nSPS) is 11.4. The van der Waals surface area contributed by atoms with Gasteiger partial charge in [0.1, 0.15) is 12.2 Å². The van der Waals surface area contributed by atoms with Crippen LogP contribution in [0, 0.1) is 6.92 Å². The van der Waals surface area contributed by atoms with Gasteiger partial charge in [-0.2, -0.15) is 0 Å². The van der Waals surface area contributed by atoms with Gasteiger partial charge >= 0.3 is 0 Å². The number of benzene rings is 2. The first kappa shape index (κ1) is 19.1. The van der Waals surface area contributed by atoms with Crippen molar-refractivity contribution in [1.82, 2.24) is 9.97 Å². The van der Waals surface area contributed by atoms with Crippen molar-refractivity contribution >= 4 is 53.9 Å². The van der Waals surface area contributed by atoms with E-state index in [4.69, 9.17) is 4.74 Å². The van der Waals surface area contributed by atoms with Gasteiger partial charge < -0.3 is 15.0 Å². The number of anilines is 2. The molecule has 0 bridgehead atoms. The first-order valence-corrected chi connectivity index (χ1v) is 11.1. The quantitative estimate of drug-likeness (QED) is 0.299. The molecule has 0 saturated heterocycles. The molecule has 4 rings (SSSR count).